The molecule has 5 nitrogen and oxygen atoms in total. The molecule has 0 atom stereocenters. The number of hydrogen-bond donors (Lipinski definition) is 2. The first-order valence-electron chi connectivity index (χ1n) is 8.48. The molecule has 1 amide bonds. The van der Waals surface area contributed by atoms with Crippen molar-refractivity contribution in [3.8, 4) is 0 Å². The highest BCUT2D eigenvalue weighted by atomic mass is 32.2. The third kappa shape index (κ3) is 6.57. The molecule has 0 saturated heterocycles. The lowest BCUT2D eigenvalue weighted by Gasteiger charge is -2.07. The van der Waals surface area contributed by atoms with Crippen LogP contribution >= 0.6 is 0 Å². The summed E-state index contributed by atoms with van der Waals surface area (Å²) in [5.41, 5.74) is 1.56. The van der Waals surface area contributed by atoms with E-state index in [1.807, 2.05) is 6.92 Å². The zero-order valence-corrected chi connectivity index (χ0v) is 15.5. The molecule has 2 aromatic carbocycles. The molecule has 0 unspecified atom stereocenters. The minimum Gasteiger partial charge on any atom is -0.326 e. The Morgan fingerprint density at radius 3 is 2.27 bits per heavy atom. The predicted molar refractivity (Wildman–Crippen MR) is 99.9 cm³/mol. The second-order valence-electron chi connectivity index (χ2n) is 6.08. The van der Waals surface area contributed by atoms with Crippen molar-refractivity contribution in [1.82, 2.24) is 4.72 Å². The van der Waals surface area contributed by atoms with Crippen molar-refractivity contribution in [3.05, 3.63) is 59.9 Å². The Morgan fingerprint density at radius 1 is 0.962 bits per heavy atom. The molecule has 7 heteroatoms. The van der Waals surface area contributed by atoms with E-state index >= 15 is 0 Å². The molecule has 26 heavy (non-hydrogen) atoms. The molecule has 0 spiro atoms. The van der Waals surface area contributed by atoms with Gasteiger partial charge in [0.2, 0.25) is 15.9 Å². The van der Waals surface area contributed by atoms with Crippen LogP contribution in [0, 0.1) is 12.7 Å². The largest absolute Gasteiger partial charge is 0.326 e. The van der Waals surface area contributed by atoms with E-state index in [-0.39, 0.29) is 16.6 Å². The van der Waals surface area contributed by atoms with Crippen molar-refractivity contribution in [1.29, 1.82) is 0 Å². The van der Waals surface area contributed by atoms with E-state index in [4.69, 9.17) is 0 Å². The summed E-state index contributed by atoms with van der Waals surface area (Å²) in [6, 6.07) is 12.3. The molecule has 0 aliphatic rings. The monoisotopic (exact) mass is 378 g/mol. The van der Waals surface area contributed by atoms with Crippen LogP contribution in [-0.4, -0.2) is 20.9 Å². The average molecular weight is 378 g/mol. The SMILES string of the molecule is Cc1ccc(S(=O)(=O)NCCCCCC(=O)Nc2ccc(F)cc2)cc1. The summed E-state index contributed by atoms with van der Waals surface area (Å²) < 4.78 is 39.6. The lowest BCUT2D eigenvalue weighted by Crippen LogP contribution is -2.24. The number of rotatable bonds is 9. The maximum Gasteiger partial charge on any atom is 0.240 e. The van der Waals surface area contributed by atoms with Crippen LogP contribution in [0.5, 0.6) is 0 Å². The maximum atomic E-state index is 12.8. The van der Waals surface area contributed by atoms with Crippen LogP contribution in [0.15, 0.2) is 53.4 Å². The zero-order chi connectivity index (χ0) is 19.0. The Morgan fingerprint density at radius 2 is 1.62 bits per heavy atom. The number of amides is 1. The van der Waals surface area contributed by atoms with Gasteiger partial charge in [0, 0.05) is 18.7 Å². The van der Waals surface area contributed by atoms with Gasteiger partial charge in [-0.05, 0) is 56.2 Å². The smallest absolute Gasteiger partial charge is 0.240 e. The number of nitrogens with one attached hydrogen (secondary N) is 2. The molecule has 2 aromatic rings. The predicted octanol–water partition coefficient (Wildman–Crippen LogP) is 3.61. The van der Waals surface area contributed by atoms with Gasteiger partial charge < -0.3 is 5.32 Å². The van der Waals surface area contributed by atoms with Gasteiger partial charge in [0.15, 0.2) is 0 Å². The van der Waals surface area contributed by atoms with Crippen LogP contribution in [0.4, 0.5) is 10.1 Å². The fourth-order valence-corrected chi connectivity index (χ4v) is 3.43. The maximum absolute atomic E-state index is 12.8. The summed E-state index contributed by atoms with van der Waals surface area (Å²) in [7, 11) is -3.48. The molecule has 0 aliphatic carbocycles. The Balaban J connectivity index is 1.63. The summed E-state index contributed by atoms with van der Waals surface area (Å²) in [6.45, 7) is 2.23. The fraction of sp³-hybridized carbons (Fsp3) is 0.316. The first-order valence-corrected chi connectivity index (χ1v) is 9.97. The van der Waals surface area contributed by atoms with Crippen molar-refractivity contribution in [2.45, 2.75) is 37.5 Å². The Bertz CT molecular complexity index is 819. The molecule has 2 rings (SSSR count). The lowest BCUT2D eigenvalue weighted by molar-refractivity contribution is -0.116. The van der Waals surface area contributed by atoms with Crippen LogP contribution in [0.2, 0.25) is 0 Å². The van der Waals surface area contributed by atoms with E-state index in [2.05, 4.69) is 10.0 Å². The van der Waals surface area contributed by atoms with Crippen molar-refractivity contribution < 1.29 is 17.6 Å². The molecule has 140 valence electrons. The zero-order valence-electron chi connectivity index (χ0n) is 14.7. The van der Waals surface area contributed by atoms with E-state index in [1.165, 1.54) is 24.3 Å². The van der Waals surface area contributed by atoms with Crippen molar-refractivity contribution >= 4 is 21.6 Å². The molecule has 0 fully saturated rings. The van der Waals surface area contributed by atoms with E-state index in [1.54, 1.807) is 24.3 Å². The van der Waals surface area contributed by atoms with E-state index in [0.29, 0.717) is 31.5 Å². The second-order valence-corrected chi connectivity index (χ2v) is 7.84. The standard InChI is InChI=1S/C19H23FN2O3S/c1-15-6-12-18(13-7-15)26(24,25)21-14-4-2-3-5-19(23)22-17-10-8-16(20)9-11-17/h6-13,21H,2-5,14H2,1H3,(H,22,23). The van der Waals surface area contributed by atoms with Crippen LogP contribution in [0.25, 0.3) is 0 Å². The van der Waals surface area contributed by atoms with E-state index in [9.17, 15) is 17.6 Å². The second kappa shape index (κ2) is 9.45. The van der Waals surface area contributed by atoms with Gasteiger partial charge in [0.25, 0.3) is 0 Å². The van der Waals surface area contributed by atoms with Crippen molar-refractivity contribution in [3.63, 3.8) is 0 Å². The number of sulfonamides is 1. The summed E-state index contributed by atoms with van der Waals surface area (Å²) >= 11 is 0. The van der Waals surface area contributed by atoms with Crippen LogP contribution in [0.1, 0.15) is 31.2 Å². The van der Waals surface area contributed by atoms with Crippen molar-refractivity contribution in [2.75, 3.05) is 11.9 Å². The van der Waals surface area contributed by atoms with Gasteiger partial charge in [-0.1, -0.05) is 24.1 Å². The molecule has 0 radical (unpaired) electrons. The van der Waals surface area contributed by atoms with Crippen LogP contribution < -0.4 is 10.0 Å². The number of hydrogen-bond acceptors (Lipinski definition) is 3. The molecule has 0 bridgehead atoms. The number of carbonyl (C=O) groups excluding carboxylic acids is 1. The minimum absolute atomic E-state index is 0.142. The number of carbonyl (C=O) groups is 1. The topological polar surface area (TPSA) is 75.3 Å². The Labute approximate surface area is 153 Å². The van der Waals surface area contributed by atoms with Crippen LogP contribution in [0.3, 0.4) is 0 Å². The molecule has 0 saturated carbocycles. The molecule has 0 aliphatic heterocycles. The van der Waals surface area contributed by atoms with Crippen molar-refractivity contribution in [2.24, 2.45) is 0 Å². The summed E-state index contributed by atoms with van der Waals surface area (Å²) in [6.07, 6.45) is 2.36. The Kier molecular flexibility index (Phi) is 7.29. The van der Waals surface area contributed by atoms with Gasteiger partial charge >= 0.3 is 0 Å². The number of halogens is 1. The van der Waals surface area contributed by atoms with Gasteiger partial charge in [-0.2, -0.15) is 0 Å². The van der Waals surface area contributed by atoms with Gasteiger partial charge in [-0.3, -0.25) is 4.79 Å². The normalized spacial score (nSPS) is 11.3. The average Bonchev–Trinajstić information content (AvgIpc) is 2.60. The van der Waals surface area contributed by atoms with Gasteiger partial charge in [-0.15, -0.1) is 0 Å². The number of unbranched alkanes of at least 4 members (excludes halogenated alkanes) is 2. The minimum atomic E-state index is -3.48. The number of anilines is 1. The summed E-state index contributed by atoms with van der Waals surface area (Å²) in [5.74, 6) is -0.493. The third-order valence-electron chi connectivity index (χ3n) is 3.83. The fourth-order valence-electron chi connectivity index (χ4n) is 2.35. The summed E-state index contributed by atoms with van der Waals surface area (Å²) in [5, 5.41) is 2.69. The highest BCUT2D eigenvalue weighted by Gasteiger charge is 2.12. The Hall–Kier alpha value is -2.25. The van der Waals surface area contributed by atoms with Gasteiger partial charge in [0.1, 0.15) is 5.82 Å². The molecule has 0 heterocycles. The first-order chi connectivity index (χ1) is 12.4. The molecular weight excluding hydrogens is 355 g/mol. The van der Waals surface area contributed by atoms with Gasteiger partial charge in [-0.25, -0.2) is 17.5 Å². The van der Waals surface area contributed by atoms with E-state index < -0.39 is 10.0 Å². The summed E-state index contributed by atoms with van der Waals surface area (Å²) in [4.78, 5) is 12.0. The highest BCUT2D eigenvalue weighted by molar-refractivity contribution is 7.89. The third-order valence-corrected chi connectivity index (χ3v) is 5.31. The molecule has 0 aromatic heterocycles. The molecule has 2 N–H and O–H groups in total. The van der Waals surface area contributed by atoms with Gasteiger partial charge in [0.05, 0.1) is 4.90 Å². The lowest BCUT2D eigenvalue weighted by atomic mass is 10.2. The number of aryl methyl sites for hydroxylation is 1. The van der Waals surface area contributed by atoms with E-state index in [0.717, 1.165) is 12.0 Å². The van der Waals surface area contributed by atoms with Crippen LogP contribution in [-0.2, 0) is 14.8 Å². The number of benzene rings is 2. The molecular formula is C19H23FN2O3S. The first kappa shape index (κ1) is 20.1. The quantitative estimate of drug-likeness (QED) is 0.655. The highest BCUT2D eigenvalue weighted by Crippen LogP contribution is 2.11.